The number of rotatable bonds is 2. The van der Waals surface area contributed by atoms with Crippen molar-refractivity contribution in [2.45, 2.75) is 26.4 Å². The Morgan fingerprint density at radius 3 is 2.75 bits per heavy atom. The molecule has 3 nitrogen and oxygen atoms in total. The molecule has 68 valence electrons. The van der Waals surface area contributed by atoms with Crippen molar-refractivity contribution in [3.63, 3.8) is 0 Å². The summed E-state index contributed by atoms with van der Waals surface area (Å²) in [5.41, 5.74) is -0.0370. The third kappa shape index (κ3) is 1.67. The molecule has 1 aliphatic heterocycles. The van der Waals surface area contributed by atoms with Gasteiger partial charge >= 0.3 is 0 Å². The van der Waals surface area contributed by atoms with Crippen molar-refractivity contribution in [3.8, 4) is 0 Å². The van der Waals surface area contributed by atoms with Crippen molar-refractivity contribution in [3.05, 3.63) is 11.8 Å². The molecule has 0 radical (unpaired) electrons. The normalized spacial score (nSPS) is 24.9. The van der Waals surface area contributed by atoms with Gasteiger partial charge in [0.05, 0.1) is 25.0 Å². The van der Waals surface area contributed by atoms with Crippen LogP contribution in [0.25, 0.3) is 0 Å². The van der Waals surface area contributed by atoms with Gasteiger partial charge in [0.2, 0.25) is 0 Å². The molecule has 0 amide bonds. The van der Waals surface area contributed by atoms with Gasteiger partial charge in [0.25, 0.3) is 0 Å². The lowest BCUT2D eigenvalue weighted by Crippen LogP contribution is -2.27. The summed E-state index contributed by atoms with van der Waals surface area (Å²) < 4.78 is 10.3. The molecule has 3 heteroatoms. The van der Waals surface area contributed by atoms with Crippen molar-refractivity contribution in [1.82, 2.24) is 0 Å². The molecule has 0 aliphatic carbocycles. The predicted octanol–water partition coefficient (Wildman–Crippen LogP) is 1.28. The third-order valence-corrected chi connectivity index (χ3v) is 1.82. The maximum Gasteiger partial charge on any atom is 0.195 e. The third-order valence-electron chi connectivity index (χ3n) is 1.82. The molecule has 1 heterocycles. The van der Waals surface area contributed by atoms with E-state index in [2.05, 4.69) is 0 Å². The fraction of sp³-hybridized carbons (Fsp3) is 0.667. The molecule has 1 aliphatic rings. The van der Waals surface area contributed by atoms with E-state index in [0.717, 1.165) is 0 Å². The molecular weight excluding hydrogens is 156 g/mol. The maximum absolute atomic E-state index is 11.5. The molecule has 0 N–H and O–H groups in total. The van der Waals surface area contributed by atoms with E-state index in [-0.39, 0.29) is 5.78 Å². The van der Waals surface area contributed by atoms with Crippen LogP contribution in [0.5, 0.6) is 0 Å². The Kier molecular flexibility index (Phi) is 2.52. The van der Waals surface area contributed by atoms with Gasteiger partial charge in [-0.25, -0.2) is 0 Å². The van der Waals surface area contributed by atoms with Gasteiger partial charge in [0, 0.05) is 0 Å². The van der Waals surface area contributed by atoms with Gasteiger partial charge < -0.3 is 9.47 Å². The van der Waals surface area contributed by atoms with Crippen LogP contribution in [0.3, 0.4) is 0 Å². The summed E-state index contributed by atoms with van der Waals surface area (Å²) in [5.74, 6) is 0.0240. The number of hydrogen-bond donors (Lipinski definition) is 0. The van der Waals surface area contributed by atoms with Gasteiger partial charge in [-0.15, -0.1) is 0 Å². The predicted molar refractivity (Wildman–Crippen MR) is 44.7 cm³/mol. The maximum atomic E-state index is 11.5. The first-order chi connectivity index (χ1) is 5.58. The second kappa shape index (κ2) is 3.27. The Labute approximate surface area is 72.4 Å². The summed E-state index contributed by atoms with van der Waals surface area (Å²) in [6.07, 6.45) is 1.50. The lowest BCUT2D eigenvalue weighted by atomic mass is 10.0. The number of carbonyl (C=O) groups is 1. The average molecular weight is 170 g/mol. The molecule has 0 unspecified atom stereocenters. The Hall–Kier alpha value is -0.830. The van der Waals surface area contributed by atoms with E-state index >= 15 is 0 Å². The first-order valence-corrected chi connectivity index (χ1v) is 4.07. The molecule has 1 rings (SSSR count). The minimum absolute atomic E-state index is 0.0240. The molecular formula is C9H14O3. The zero-order valence-electron chi connectivity index (χ0n) is 7.72. The summed E-state index contributed by atoms with van der Waals surface area (Å²) in [6.45, 7) is 6.36. The fourth-order valence-corrected chi connectivity index (χ4v) is 1.05. The van der Waals surface area contributed by atoms with E-state index in [1.807, 2.05) is 6.92 Å². The Morgan fingerprint density at radius 2 is 2.33 bits per heavy atom. The molecule has 0 saturated carbocycles. The summed E-state index contributed by atoms with van der Waals surface area (Å²) in [6, 6.07) is 0. The molecule has 1 saturated heterocycles. The SMILES string of the molecule is CCO/C=C1\COC(C)(C)C1=O. The minimum Gasteiger partial charge on any atom is -0.501 e. The lowest BCUT2D eigenvalue weighted by molar-refractivity contribution is -0.127. The van der Waals surface area contributed by atoms with Crippen molar-refractivity contribution < 1.29 is 14.3 Å². The van der Waals surface area contributed by atoms with E-state index in [9.17, 15) is 4.79 Å². The quantitative estimate of drug-likeness (QED) is 0.462. The van der Waals surface area contributed by atoms with Crippen LogP contribution in [0.2, 0.25) is 0 Å². The highest BCUT2D eigenvalue weighted by atomic mass is 16.5. The van der Waals surface area contributed by atoms with Crippen molar-refractivity contribution >= 4 is 5.78 Å². The van der Waals surface area contributed by atoms with Crippen LogP contribution in [0.1, 0.15) is 20.8 Å². The fourth-order valence-electron chi connectivity index (χ4n) is 1.05. The van der Waals surface area contributed by atoms with Gasteiger partial charge in [0.1, 0.15) is 5.60 Å². The molecule has 0 spiro atoms. The van der Waals surface area contributed by atoms with E-state index in [1.165, 1.54) is 6.26 Å². The van der Waals surface area contributed by atoms with Crippen molar-refractivity contribution in [2.75, 3.05) is 13.2 Å². The Morgan fingerprint density at radius 1 is 1.67 bits per heavy atom. The van der Waals surface area contributed by atoms with Gasteiger partial charge in [-0.3, -0.25) is 4.79 Å². The lowest BCUT2D eigenvalue weighted by Gasteiger charge is -2.12. The van der Waals surface area contributed by atoms with Crippen LogP contribution in [0.15, 0.2) is 11.8 Å². The highest BCUT2D eigenvalue weighted by molar-refractivity contribution is 6.03. The molecule has 0 bridgehead atoms. The molecule has 12 heavy (non-hydrogen) atoms. The molecule has 1 fully saturated rings. The number of Topliss-reactive ketones (excluding diaryl/α,β-unsaturated/α-hetero) is 1. The van der Waals surface area contributed by atoms with Gasteiger partial charge in [-0.2, -0.15) is 0 Å². The summed E-state index contributed by atoms with van der Waals surface area (Å²) in [5, 5.41) is 0. The molecule has 0 aromatic carbocycles. The average Bonchev–Trinajstić information content (AvgIpc) is 2.26. The topological polar surface area (TPSA) is 35.5 Å². The summed E-state index contributed by atoms with van der Waals surface area (Å²) in [7, 11) is 0. The summed E-state index contributed by atoms with van der Waals surface area (Å²) in [4.78, 5) is 11.5. The van der Waals surface area contributed by atoms with Gasteiger partial charge in [-0.1, -0.05) is 0 Å². The first kappa shape index (κ1) is 9.26. The zero-order chi connectivity index (χ0) is 9.19. The van der Waals surface area contributed by atoms with Gasteiger partial charge in [-0.05, 0) is 20.8 Å². The van der Waals surface area contributed by atoms with Crippen LogP contribution in [-0.4, -0.2) is 24.6 Å². The van der Waals surface area contributed by atoms with Crippen molar-refractivity contribution in [1.29, 1.82) is 0 Å². The highest BCUT2D eigenvalue weighted by Crippen LogP contribution is 2.24. The number of hydrogen-bond acceptors (Lipinski definition) is 3. The largest absolute Gasteiger partial charge is 0.501 e. The van der Waals surface area contributed by atoms with E-state index < -0.39 is 5.60 Å². The molecule has 0 atom stereocenters. The van der Waals surface area contributed by atoms with Crippen LogP contribution in [0.4, 0.5) is 0 Å². The van der Waals surface area contributed by atoms with Crippen molar-refractivity contribution in [2.24, 2.45) is 0 Å². The van der Waals surface area contributed by atoms with Crippen LogP contribution < -0.4 is 0 Å². The van der Waals surface area contributed by atoms with E-state index in [1.54, 1.807) is 13.8 Å². The second-order valence-corrected chi connectivity index (χ2v) is 3.23. The molecule has 0 aromatic heterocycles. The Bertz CT molecular complexity index is 216. The first-order valence-electron chi connectivity index (χ1n) is 4.07. The van der Waals surface area contributed by atoms with Crippen LogP contribution in [-0.2, 0) is 14.3 Å². The smallest absolute Gasteiger partial charge is 0.195 e. The Balaban J connectivity index is 2.67. The minimum atomic E-state index is -0.664. The molecule has 0 aromatic rings. The van der Waals surface area contributed by atoms with Gasteiger partial charge in [0.15, 0.2) is 5.78 Å². The number of ether oxygens (including phenoxy) is 2. The standard InChI is InChI=1S/C9H14O3/c1-4-11-5-7-6-12-9(2,3)8(7)10/h5H,4,6H2,1-3H3/b7-5+. The number of ketones is 1. The second-order valence-electron chi connectivity index (χ2n) is 3.23. The monoisotopic (exact) mass is 170 g/mol. The van der Waals surface area contributed by atoms with Crippen LogP contribution in [0, 0.1) is 0 Å². The summed E-state index contributed by atoms with van der Waals surface area (Å²) >= 11 is 0. The zero-order valence-corrected chi connectivity index (χ0v) is 7.72. The highest BCUT2D eigenvalue weighted by Gasteiger charge is 2.37. The van der Waals surface area contributed by atoms with E-state index in [0.29, 0.717) is 18.8 Å². The number of carbonyl (C=O) groups excluding carboxylic acids is 1. The van der Waals surface area contributed by atoms with Crippen LogP contribution >= 0.6 is 0 Å². The van der Waals surface area contributed by atoms with E-state index in [4.69, 9.17) is 9.47 Å².